The van der Waals surface area contributed by atoms with Gasteiger partial charge in [-0.2, -0.15) is 5.10 Å². The van der Waals surface area contributed by atoms with Crippen LogP contribution in [0.25, 0.3) is 5.65 Å². The standard InChI is InChI=1S/C18H22N6O.ClH/c1-13-4-2-6-17-21-14(12-23(13)17)10-20-18(25)16-7-9-24(22-16)15-5-3-8-19-11-15;/h2,4,6-7,9,12,15,19H,3,5,8,10-11H2,1H3,(H,20,25);1H. The molecule has 0 spiro atoms. The van der Waals surface area contributed by atoms with Crippen molar-refractivity contribution in [2.75, 3.05) is 13.1 Å². The first-order valence-electron chi connectivity index (χ1n) is 8.68. The van der Waals surface area contributed by atoms with Crippen LogP contribution in [-0.2, 0) is 6.54 Å². The van der Waals surface area contributed by atoms with Crippen molar-refractivity contribution in [1.82, 2.24) is 29.8 Å². The summed E-state index contributed by atoms with van der Waals surface area (Å²) in [5.41, 5.74) is 3.28. The van der Waals surface area contributed by atoms with Crippen LogP contribution in [0.5, 0.6) is 0 Å². The molecule has 0 saturated carbocycles. The van der Waals surface area contributed by atoms with Crippen molar-refractivity contribution in [3.8, 4) is 0 Å². The highest BCUT2D eigenvalue weighted by Gasteiger charge is 2.17. The summed E-state index contributed by atoms with van der Waals surface area (Å²) in [5.74, 6) is -0.170. The second-order valence-corrected chi connectivity index (χ2v) is 6.49. The first-order chi connectivity index (χ1) is 12.2. The molecule has 0 aliphatic carbocycles. The van der Waals surface area contributed by atoms with E-state index in [0.29, 0.717) is 18.3 Å². The number of pyridine rings is 1. The molecule has 8 heteroatoms. The lowest BCUT2D eigenvalue weighted by Gasteiger charge is -2.22. The van der Waals surface area contributed by atoms with Gasteiger partial charge in [0.05, 0.1) is 18.3 Å². The van der Waals surface area contributed by atoms with Gasteiger partial charge in [-0.05, 0) is 44.5 Å². The van der Waals surface area contributed by atoms with Crippen molar-refractivity contribution < 1.29 is 4.79 Å². The van der Waals surface area contributed by atoms with E-state index in [2.05, 4.69) is 20.7 Å². The van der Waals surface area contributed by atoms with Crippen molar-refractivity contribution in [3.63, 3.8) is 0 Å². The van der Waals surface area contributed by atoms with Crippen LogP contribution in [0.15, 0.2) is 36.7 Å². The summed E-state index contributed by atoms with van der Waals surface area (Å²) in [5, 5.41) is 10.7. The average molecular weight is 375 g/mol. The first kappa shape index (κ1) is 18.4. The Morgan fingerprint density at radius 2 is 2.27 bits per heavy atom. The zero-order valence-electron chi connectivity index (χ0n) is 14.7. The Morgan fingerprint density at radius 3 is 3.04 bits per heavy atom. The predicted molar refractivity (Wildman–Crippen MR) is 102 cm³/mol. The molecular formula is C18H23ClN6O. The van der Waals surface area contributed by atoms with Crippen molar-refractivity contribution >= 4 is 24.0 Å². The number of fused-ring (bicyclic) bond motifs is 1. The molecule has 26 heavy (non-hydrogen) atoms. The zero-order valence-corrected chi connectivity index (χ0v) is 15.5. The number of halogens is 1. The molecule has 1 amide bonds. The molecule has 0 bridgehead atoms. The van der Waals surface area contributed by atoms with Crippen molar-refractivity contribution in [3.05, 3.63) is 53.7 Å². The monoisotopic (exact) mass is 374 g/mol. The number of aromatic nitrogens is 4. The van der Waals surface area contributed by atoms with Gasteiger partial charge in [0.25, 0.3) is 5.91 Å². The van der Waals surface area contributed by atoms with Gasteiger partial charge in [-0.1, -0.05) is 6.07 Å². The molecule has 0 radical (unpaired) electrons. The third-order valence-corrected chi connectivity index (χ3v) is 4.66. The minimum absolute atomic E-state index is 0. The molecule has 1 fully saturated rings. The van der Waals surface area contributed by atoms with Gasteiger partial charge < -0.3 is 15.0 Å². The number of carbonyl (C=O) groups is 1. The van der Waals surface area contributed by atoms with Crippen LogP contribution in [0.3, 0.4) is 0 Å². The quantitative estimate of drug-likeness (QED) is 0.733. The molecule has 1 aliphatic rings. The zero-order chi connectivity index (χ0) is 17.2. The van der Waals surface area contributed by atoms with Gasteiger partial charge >= 0.3 is 0 Å². The summed E-state index contributed by atoms with van der Waals surface area (Å²) in [6.07, 6.45) is 6.08. The van der Waals surface area contributed by atoms with E-state index in [1.807, 2.05) is 46.6 Å². The number of nitrogens with one attached hydrogen (secondary N) is 2. The maximum absolute atomic E-state index is 12.4. The predicted octanol–water partition coefficient (Wildman–Crippen LogP) is 2.12. The molecule has 2 N–H and O–H groups in total. The minimum Gasteiger partial charge on any atom is -0.345 e. The lowest BCUT2D eigenvalue weighted by Crippen LogP contribution is -2.32. The number of hydrogen-bond donors (Lipinski definition) is 2. The maximum Gasteiger partial charge on any atom is 0.272 e. The Labute approximate surface area is 158 Å². The molecule has 0 aromatic carbocycles. The number of nitrogens with zero attached hydrogens (tertiary/aromatic N) is 4. The van der Waals surface area contributed by atoms with Gasteiger partial charge in [0.2, 0.25) is 0 Å². The molecule has 3 aromatic rings. The van der Waals surface area contributed by atoms with Crippen LogP contribution in [0.4, 0.5) is 0 Å². The first-order valence-corrected chi connectivity index (χ1v) is 8.68. The Hall–Kier alpha value is -2.38. The van der Waals surface area contributed by atoms with Gasteiger partial charge in [0.1, 0.15) is 11.3 Å². The van der Waals surface area contributed by atoms with Crippen LogP contribution in [0.1, 0.15) is 40.8 Å². The number of imidazole rings is 1. The van der Waals surface area contributed by atoms with Crippen LogP contribution in [0, 0.1) is 6.92 Å². The lowest BCUT2D eigenvalue weighted by atomic mass is 10.1. The third-order valence-electron chi connectivity index (χ3n) is 4.66. The molecule has 1 saturated heterocycles. The molecule has 1 atom stereocenters. The number of piperidine rings is 1. The normalized spacial score (nSPS) is 17.0. The fourth-order valence-corrected chi connectivity index (χ4v) is 3.27. The Balaban J connectivity index is 0.00000196. The highest BCUT2D eigenvalue weighted by atomic mass is 35.5. The van der Waals surface area contributed by atoms with Crippen molar-refractivity contribution in [1.29, 1.82) is 0 Å². The van der Waals surface area contributed by atoms with E-state index < -0.39 is 0 Å². The fraction of sp³-hybridized carbons (Fsp3) is 0.389. The molecule has 4 heterocycles. The molecule has 1 aliphatic heterocycles. The van der Waals surface area contributed by atoms with E-state index in [1.165, 1.54) is 0 Å². The third kappa shape index (κ3) is 3.73. The van der Waals surface area contributed by atoms with Gasteiger partial charge in [0.15, 0.2) is 0 Å². The van der Waals surface area contributed by atoms with Crippen molar-refractivity contribution in [2.24, 2.45) is 0 Å². The SMILES string of the molecule is Cc1cccc2nc(CNC(=O)c3ccn(C4CCCNC4)n3)cn12.Cl. The number of aryl methyl sites for hydroxylation is 1. The largest absolute Gasteiger partial charge is 0.345 e. The van der Waals surface area contributed by atoms with E-state index in [-0.39, 0.29) is 18.3 Å². The summed E-state index contributed by atoms with van der Waals surface area (Å²) in [4.78, 5) is 16.9. The summed E-state index contributed by atoms with van der Waals surface area (Å²) < 4.78 is 3.92. The fourth-order valence-electron chi connectivity index (χ4n) is 3.27. The summed E-state index contributed by atoms with van der Waals surface area (Å²) in [6.45, 7) is 4.38. The second kappa shape index (κ2) is 7.88. The van der Waals surface area contributed by atoms with E-state index in [9.17, 15) is 4.79 Å². The van der Waals surface area contributed by atoms with Crippen molar-refractivity contribution in [2.45, 2.75) is 32.4 Å². The van der Waals surface area contributed by atoms with Gasteiger partial charge in [0, 0.05) is 24.6 Å². The molecule has 1 unspecified atom stereocenters. The van der Waals surface area contributed by atoms with Crippen LogP contribution < -0.4 is 10.6 Å². The average Bonchev–Trinajstić information content (AvgIpc) is 3.28. The Bertz CT molecular complexity index is 896. The second-order valence-electron chi connectivity index (χ2n) is 6.49. The number of carbonyl (C=O) groups excluding carboxylic acids is 1. The van der Waals surface area contributed by atoms with Gasteiger partial charge in [-0.25, -0.2) is 4.98 Å². The Morgan fingerprint density at radius 1 is 1.38 bits per heavy atom. The topological polar surface area (TPSA) is 76.2 Å². The molecular weight excluding hydrogens is 352 g/mol. The minimum atomic E-state index is -0.170. The van der Waals surface area contributed by atoms with Gasteiger partial charge in [-0.3, -0.25) is 9.48 Å². The molecule has 3 aromatic heterocycles. The smallest absolute Gasteiger partial charge is 0.272 e. The Kier molecular flexibility index (Phi) is 5.58. The van der Waals surface area contributed by atoms with E-state index in [1.54, 1.807) is 6.07 Å². The maximum atomic E-state index is 12.4. The number of rotatable bonds is 4. The molecule has 7 nitrogen and oxygen atoms in total. The van der Waals surface area contributed by atoms with E-state index in [0.717, 1.165) is 43.0 Å². The van der Waals surface area contributed by atoms with Crippen LogP contribution in [0.2, 0.25) is 0 Å². The van der Waals surface area contributed by atoms with Crippen LogP contribution in [-0.4, -0.2) is 38.2 Å². The lowest BCUT2D eigenvalue weighted by molar-refractivity contribution is 0.0944. The molecule has 138 valence electrons. The summed E-state index contributed by atoms with van der Waals surface area (Å²) in [6, 6.07) is 8.07. The highest BCUT2D eigenvalue weighted by molar-refractivity contribution is 5.92. The van der Waals surface area contributed by atoms with Gasteiger partial charge in [-0.15, -0.1) is 12.4 Å². The van der Waals surface area contributed by atoms with E-state index >= 15 is 0 Å². The van der Waals surface area contributed by atoms with Crippen LogP contribution >= 0.6 is 12.4 Å². The highest BCUT2D eigenvalue weighted by Crippen LogP contribution is 2.15. The number of amides is 1. The summed E-state index contributed by atoms with van der Waals surface area (Å²) >= 11 is 0. The van der Waals surface area contributed by atoms with E-state index in [4.69, 9.17) is 0 Å². The molecule has 4 rings (SSSR count). The summed E-state index contributed by atoms with van der Waals surface area (Å²) in [7, 11) is 0. The number of hydrogen-bond acceptors (Lipinski definition) is 4.